The van der Waals surface area contributed by atoms with Crippen LogP contribution >= 0.6 is 11.6 Å². The van der Waals surface area contributed by atoms with Gasteiger partial charge in [0.05, 0.1) is 0 Å². The molecular formula is C11H17ClN4O. The Bertz CT molecular complexity index is 389. The Morgan fingerprint density at radius 2 is 2.06 bits per heavy atom. The summed E-state index contributed by atoms with van der Waals surface area (Å²) < 4.78 is 0. The number of amides is 1. The molecule has 0 bridgehead atoms. The standard InChI is InChI=1S/C11H17ClN4O/c1-11(2,16(3)4)7-13-10(17)8-5-6-9(12)15-14-8/h5-6H,7H2,1-4H3,(H,13,17). The fourth-order valence-electron chi connectivity index (χ4n) is 0.982. The molecule has 0 saturated carbocycles. The molecule has 1 aromatic rings. The topological polar surface area (TPSA) is 58.1 Å². The fourth-order valence-corrected chi connectivity index (χ4v) is 1.08. The number of nitrogens with zero attached hydrogens (tertiary/aromatic N) is 3. The smallest absolute Gasteiger partial charge is 0.271 e. The van der Waals surface area contributed by atoms with Crippen LogP contribution in [0.1, 0.15) is 24.3 Å². The third-order valence-corrected chi connectivity index (χ3v) is 2.96. The number of nitrogens with one attached hydrogen (secondary N) is 1. The van der Waals surface area contributed by atoms with Gasteiger partial charge in [-0.15, -0.1) is 10.2 Å². The summed E-state index contributed by atoms with van der Waals surface area (Å²) >= 11 is 5.60. The van der Waals surface area contributed by atoms with E-state index in [0.29, 0.717) is 6.54 Å². The molecule has 0 radical (unpaired) electrons. The minimum Gasteiger partial charge on any atom is -0.349 e. The van der Waals surface area contributed by atoms with Crippen molar-refractivity contribution >= 4 is 17.5 Å². The average molecular weight is 257 g/mol. The van der Waals surface area contributed by atoms with Crippen molar-refractivity contribution in [3.05, 3.63) is 23.0 Å². The van der Waals surface area contributed by atoms with Crippen LogP contribution in [0.5, 0.6) is 0 Å². The van der Waals surface area contributed by atoms with E-state index in [1.165, 1.54) is 0 Å². The summed E-state index contributed by atoms with van der Waals surface area (Å²) in [4.78, 5) is 13.8. The van der Waals surface area contributed by atoms with Gasteiger partial charge in [0.2, 0.25) is 0 Å². The predicted molar refractivity (Wildman–Crippen MR) is 67.1 cm³/mol. The summed E-state index contributed by atoms with van der Waals surface area (Å²) in [5, 5.41) is 10.4. The lowest BCUT2D eigenvalue weighted by atomic mass is 10.0. The average Bonchev–Trinajstić information content (AvgIpc) is 2.27. The summed E-state index contributed by atoms with van der Waals surface area (Å²) in [5.74, 6) is -0.246. The van der Waals surface area contributed by atoms with Crippen LogP contribution in [0, 0.1) is 0 Å². The van der Waals surface area contributed by atoms with Gasteiger partial charge >= 0.3 is 0 Å². The van der Waals surface area contributed by atoms with Crippen LogP contribution in [-0.2, 0) is 0 Å². The maximum absolute atomic E-state index is 11.8. The third-order valence-electron chi connectivity index (χ3n) is 2.76. The summed E-state index contributed by atoms with van der Waals surface area (Å²) in [6.07, 6.45) is 0. The van der Waals surface area contributed by atoms with E-state index < -0.39 is 0 Å². The Balaban J connectivity index is 2.59. The van der Waals surface area contributed by atoms with Crippen molar-refractivity contribution in [1.82, 2.24) is 20.4 Å². The first kappa shape index (κ1) is 13.9. The normalized spacial score (nSPS) is 11.6. The zero-order valence-corrected chi connectivity index (χ0v) is 11.2. The molecule has 0 fully saturated rings. The highest BCUT2D eigenvalue weighted by atomic mass is 35.5. The minimum atomic E-state index is -0.246. The molecule has 0 spiro atoms. The van der Waals surface area contributed by atoms with Crippen molar-refractivity contribution in [3.63, 3.8) is 0 Å². The quantitative estimate of drug-likeness (QED) is 0.880. The molecule has 0 aromatic carbocycles. The monoisotopic (exact) mass is 256 g/mol. The van der Waals surface area contributed by atoms with E-state index in [9.17, 15) is 4.79 Å². The van der Waals surface area contributed by atoms with E-state index in [0.717, 1.165) is 0 Å². The zero-order valence-electron chi connectivity index (χ0n) is 10.5. The first-order chi connectivity index (χ1) is 7.83. The summed E-state index contributed by atoms with van der Waals surface area (Å²) in [6.45, 7) is 4.62. The van der Waals surface area contributed by atoms with Gasteiger partial charge < -0.3 is 10.2 Å². The molecule has 5 nitrogen and oxygen atoms in total. The van der Waals surface area contributed by atoms with Crippen LogP contribution in [0.2, 0.25) is 5.15 Å². The van der Waals surface area contributed by atoms with Crippen molar-refractivity contribution < 1.29 is 4.79 Å². The van der Waals surface area contributed by atoms with Crippen LogP contribution in [0.25, 0.3) is 0 Å². The second-order valence-electron chi connectivity index (χ2n) is 4.63. The molecule has 0 saturated heterocycles. The molecule has 1 N–H and O–H groups in total. The van der Waals surface area contributed by atoms with Crippen LogP contribution in [0.3, 0.4) is 0 Å². The molecule has 6 heteroatoms. The van der Waals surface area contributed by atoms with Gasteiger partial charge in [-0.25, -0.2) is 0 Å². The number of likely N-dealkylation sites (N-methyl/N-ethyl adjacent to an activating group) is 1. The molecule has 1 amide bonds. The third kappa shape index (κ3) is 3.94. The molecule has 0 aliphatic carbocycles. The molecule has 1 rings (SSSR count). The highest BCUT2D eigenvalue weighted by Crippen LogP contribution is 2.08. The summed E-state index contributed by atoms with van der Waals surface area (Å²) in [7, 11) is 3.93. The van der Waals surface area contributed by atoms with Crippen LogP contribution in [-0.4, -0.2) is 47.2 Å². The van der Waals surface area contributed by atoms with E-state index in [2.05, 4.69) is 15.5 Å². The van der Waals surface area contributed by atoms with Crippen molar-refractivity contribution in [2.24, 2.45) is 0 Å². The van der Waals surface area contributed by atoms with Crippen molar-refractivity contribution in [2.75, 3.05) is 20.6 Å². The molecule has 94 valence electrons. The molecule has 1 aromatic heterocycles. The van der Waals surface area contributed by atoms with E-state index in [1.807, 2.05) is 32.8 Å². The van der Waals surface area contributed by atoms with E-state index in [4.69, 9.17) is 11.6 Å². The molecular weight excluding hydrogens is 240 g/mol. The lowest BCUT2D eigenvalue weighted by Crippen LogP contribution is -2.48. The SMILES string of the molecule is CN(C)C(C)(C)CNC(=O)c1ccc(Cl)nn1. The van der Waals surface area contributed by atoms with Gasteiger partial charge in [0.25, 0.3) is 5.91 Å². The predicted octanol–water partition coefficient (Wildman–Crippen LogP) is 1.20. The van der Waals surface area contributed by atoms with E-state index in [-0.39, 0.29) is 22.3 Å². The zero-order chi connectivity index (χ0) is 13.1. The maximum Gasteiger partial charge on any atom is 0.271 e. The Morgan fingerprint density at radius 1 is 1.41 bits per heavy atom. The lowest BCUT2D eigenvalue weighted by molar-refractivity contribution is 0.0913. The summed E-state index contributed by atoms with van der Waals surface area (Å²) in [5.41, 5.74) is 0.152. The van der Waals surface area contributed by atoms with Crippen LogP contribution < -0.4 is 5.32 Å². The Labute approximate surface area is 106 Å². The first-order valence-corrected chi connectivity index (χ1v) is 5.65. The van der Waals surface area contributed by atoms with Gasteiger partial charge in [-0.05, 0) is 40.1 Å². The molecule has 17 heavy (non-hydrogen) atoms. The number of carbonyl (C=O) groups is 1. The molecule has 0 unspecified atom stereocenters. The Morgan fingerprint density at radius 3 is 2.53 bits per heavy atom. The molecule has 0 atom stereocenters. The minimum absolute atomic E-state index is 0.116. The first-order valence-electron chi connectivity index (χ1n) is 5.28. The van der Waals surface area contributed by atoms with Gasteiger partial charge in [0, 0.05) is 12.1 Å². The van der Waals surface area contributed by atoms with Crippen molar-refractivity contribution in [2.45, 2.75) is 19.4 Å². The van der Waals surface area contributed by atoms with Gasteiger partial charge in [0.1, 0.15) is 0 Å². The van der Waals surface area contributed by atoms with E-state index in [1.54, 1.807) is 12.1 Å². The van der Waals surface area contributed by atoms with E-state index >= 15 is 0 Å². The van der Waals surface area contributed by atoms with Crippen molar-refractivity contribution in [1.29, 1.82) is 0 Å². The number of carbonyl (C=O) groups excluding carboxylic acids is 1. The fraction of sp³-hybridized carbons (Fsp3) is 0.545. The van der Waals surface area contributed by atoms with Crippen LogP contribution in [0.4, 0.5) is 0 Å². The lowest BCUT2D eigenvalue weighted by Gasteiger charge is -2.32. The van der Waals surface area contributed by atoms with Gasteiger partial charge in [0.15, 0.2) is 10.8 Å². The Kier molecular flexibility index (Phi) is 4.42. The number of hydrogen-bond donors (Lipinski definition) is 1. The highest BCUT2D eigenvalue weighted by molar-refractivity contribution is 6.29. The molecule has 0 aliphatic heterocycles. The second-order valence-corrected chi connectivity index (χ2v) is 5.02. The number of aromatic nitrogens is 2. The Hall–Kier alpha value is -1.20. The molecule has 1 heterocycles. The highest BCUT2D eigenvalue weighted by Gasteiger charge is 2.21. The van der Waals surface area contributed by atoms with Gasteiger partial charge in [-0.2, -0.15) is 0 Å². The maximum atomic E-state index is 11.8. The molecule has 0 aliphatic rings. The van der Waals surface area contributed by atoms with Crippen molar-refractivity contribution in [3.8, 4) is 0 Å². The second kappa shape index (κ2) is 5.42. The van der Waals surface area contributed by atoms with Gasteiger partial charge in [-0.3, -0.25) is 4.79 Å². The summed E-state index contributed by atoms with van der Waals surface area (Å²) in [6, 6.07) is 3.09. The van der Waals surface area contributed by atoms with Crippen LogP contribution in [0.15, 0.2) is 12.1 Å². The number of halogens is 1. The largest absolute Gasteiger partial charge is 0.349 e. The number of hydrogen-bond acceptors (Lipinski definition) is 4. The number of rotatable bonds is 4. The van der Waals surface area contributed by atoms with Gasteiger partial charge in [-0.1, -0.05) is 11.6 Å².